The molecule has 1 atom stereocenters. The average Bonchev–Trinajstić information content (AvgIpc) is 2.95. The largest absolute Gasteiger partial charge is 0.339 e. The van der Waals surface area contributed by atoms with Crippen LogP contribution in [0.3, 0.4) is 0 Å². The van der Waals surface area contributed by atoms with Gasteiger partial charge in [0, 0.05) is 42.9 Å². The van der Waals surface area contributed by atoms with Crippen LogP contribution in [0.2, 0.25) is 0 Å². The summed E-state index contributed by atoms with van der Waals surface area (Å²) in [6, 6.07) is 7.44. The predicted octanol–water partition coefficient (Wildman–Crippen LogP) is 0.906. The number of benzene rings is 1. The van der Waals surface area contributed by atoms with Crippen LogP contribution in [0.15, 0.2) is 28.7 Å². The summed E-state index contributed by atoms with van der Waals surface area (Å²) in [4.78, 5) is 28.6. The quantitative estimate of drug-likeness (QED) is 0.668. The van der Waals surface area contributed by atoms with E-state index in [1.807, 2.05) is 24.3 Å². The van der Waals surface area contributed by atoms with Crippen LogP contribution in [0, 0.1) is 5.92 Å². The van der Waals surface area contributed by atoms with E-state index in [9.17, 15) is 18.0 Å². The lowest BCUT2D eigenvalue weighted by atomic mass is 10.1. The zero-order chi connectivity index (χ0) is 18.2. The van der Waals surface area contributed by atoms with Crippen LogP contribution in [0.25, 0.3) is 0 Å². The first-order valence-corrected chi connectivity index (χ1v) is 10.7. The number of amides is 2. The molecule has 3 rings (SSSR count). The molecule has 1 aromatic carbocycles. The van der Waals surface area contributed by atoms with E-state index < -0.39 is 15.9 Å². The van der Waals surface area contributed by atoms with E-state index in [-0.39, 0.29) is 24.9 Å². The van der Waals surface area contributed by atoms with Crippen molar-refractivity contribution < 1.29 is 18.0 Å². The van der Waals surface area contributed by atoms with Crippen molar-refractivity contribution in [2.75, 3.05) is 43.9 Å². The molecule has 0 aliphatic carbocycles. The first-order chi connectivity index (χ1) is 11.8. The molecule has 25 heavy (non-hydrogen) atoms. The molecule has 0 radical (unpaired) electrons. The number of carbonyl (C=O) groups excluding carboxylic acids is 2. The van der Waals surface area contributed by atoms with E-state index in [0.29, 0.717) is 26.1 Å². The Labute approximate surface area is 155 Å². The normalized spacial score (nSPS) is 22.5. The summed E-state index contributed by atoms with van der Waals surface area (Å²) in [5.41, 5.74) is 0.775. The van der Waals surface area contributed by atoms with E-state index in [1.54, 1.807) is 9.80 Å². The maximum absolute atomic E-state index is 12.7. The van der Waals surface area contributed by atoms with Gasteiger partial charge in [0.05, 0.1) is 6.26 Å². The number of rotatable bonds is 3. The van der Waals surface area contributed by atoms with E-state index in [1.165, 1.54) is 10.6 Å². The third kappa shape index (κ3) is 3.88. The van der Waals surface area contributed by atoms with Gasteiger partial charge in [0.15, 0.2) is 0 Å². The average molecular weight is 430 g/mol. The third-order valence-corrected chi connectivity index (χ3v) is 6.44. The molecule has 1 unspecified atom stereocenters. The van der Waals surface area contributed by atoms with Crippen LogP contribution in [0.4, 0.5) is 5.69 Å². The van der Waals surface area contributed by atoms with Crippen molar-refractivity contribution >= 4 is 43.5 Å². The zero-order valence-corrected chi connectivity index (χ0v) is 16.3. The summed E-state index contributed by atoms with van der Waals surface area (Å²) >= 11 is 3.39. The zero-order valence-electron chi connectivity index (χ0n) is 13.9. The number of hydrogen-bond acceptors (Lipinski definition) is 4. The fourth-order valence-corrected chi connectivity index (χ4v) is 4.48. The number of anilines is 1. The summed E-state index contributed by atoms with van der Waals surface area (Å²) in [6.07, 6.45) is 1.65. The highest BCUT2D eigenvalue weighted by molar-refractivity contribution is 9.10. The summed E-state index contributed by atoms with van der Waals surface area (Å²) in [5, 5.41) is 0. The molecule has 1 aromatic rings. The topological polar surface area (TPSA) is 78.0 Å². The molecule has 9 heteroatoms. The minimum absolute atomic E-state index is 0.186. The van der Waals surface area contributed by atoms with Gasteiger partial charge in [0.1, 0.15) is 5.92 Å². The van der Waals surface area contributed by atoms with E-state index in [4.69, 9.17) is 0 Å². The van der Waals surface area contributed by atoms with Gasteiger partial charge in [-0.25, -0.2) is 8.42 Å². The molecule has 2 aliphatic heterocycles. The van der Waals surface area contributed by atoms with Crippen molar-refractivity contribution in [2.45, 2.75) is 6.42 Å². The van der Waals surface area contributed by atoms with Crippen LogP contribution in [-0.2, 0) is 19.6 Å². The summed E-state index contributed by atoms with van der Waals surface area (Å²) in [5.74, 6) is -1.06. The number of nitrogens with zero attached hydrogens (tertiary/aromatic N) is 3. The fourth-order valence-electron chi connectivity index (χ4n) is 3.27. The number of carbonyl (C=O) groups is 2. The Morgan fingerprint density at radius 1 is 1.16 bits per heavy atom. The maximum Gasteiger partial charge on any atom is 0.239 e. The molecule has 2 fully saturated rings. The Morgan fingerprint density at radius 3 is 2.44 bits per heavy atom. The summed E-state index contributed by atoms with van der Waals surface area (Å²) < 4.78 is 25.4. The van der Waals surface area contributed by atoms with Crippen molar-refractivity contribution in [1.82, 2.24) is 9.21 Å². The minimum atomic E-state index is -3.24. The molecule has 0 bridgehead atoms. The Balaban J connectivity index is 1.65. The van der Waals surface area contributed by atoms with Crippen molar-refractivity contribution in [3.63, 3.8) is 0 Å². The molecule has 2 saturated heterocycles. The third-order valence-electron chi connectivity index (χ3n) is 4.64. The van der Waals surface area contributed by atoms with Gasteiger partial charge in [-0.05, 0) is 24.6 Å². The standard InChI is InChI=1S/C16H20BrN3O4S/c1-25(23,24)19-9-7-18(8-10-19)15(21)14-5-6-20(16(14)22)13-4-2-3-12(17)11-13/h2-4,11,14H,5-10H2,1H3. The summed E-state index contributed by atoms with van der Waals surface area (Å²) in [6.45, 7) is 1.72. The van der Waals surface area contributed by atoms with Crippen molar-refractivity contribution in [3.8, 4) is 0 Å². The lowest BCUT2D eigenvalue weighted by Crippen LogP contribution is -2.52. The Morgan fingerprint density at radius 2 is 1.84 bits per heavy atom. The van der Waals surface area contributed by atoms with Crippen LogP contribution in [-0.4, -0.2) is 68.4 Å². The lowest BCUT2D eigenvalue weighted by molar-refractivity contribution is -0.140. The highest BCUT2D eigenvalue weighted by Crippen LogP contribution is 2.28. The predicted molar refractivity (Wildman–Crippen MR) is 97.6 cm³/mol. The number of piperazine rings is 1. The van der Waals surface area contributed by atoms with Crippen molar-refractivity contribution in [2.24, 2.45) is 5.92 Å². The molecule has 7 nitrogen and oxygen atoms in total. The second-order valence-corrected chi connectivity index (χ2v) is 9.20. The molecular formula is C16H20BrN3O4S. The summed E-state index contributed by atoms with van der Waals surface area (Å²) in [7, 11) is -3.24. The van der Waals surface area contributed by atoms with Gasteiger partial charge in [-0.3, -0.25) is 9.59 Å². The number of hydrogen-bond donors (Lipinski definition) is 0. The molecule has 0 spiro atoms. The smallest absolute Gasteiger partial charge is 0.239 e. The Bertz CT molecular complexity index is 790. The molecular weight excluding hydrogens is 410 g/mol. The highest BCUT2D eigenvalue weighted by Gasteiger charge is 2.40. The monoisotopic (exact) mass is 429 g/mol. The Hall–Kier alpha value is -1.45. The molecule has 0 saturated carbocycles. The van der Waals surface area contributed by atoms with Crippen LogP contribution in [0.5, 0.6) is 0 Å². The van der Waals surface area contributed by atoms with Crippen molar-refractivity contribution in [3.05, 3.63) is 28.7 Å². The molecule has 2 aliphatic rings. The lowest BCUT2D eigenvalue weighted by Gasteiger charge is -2.34. The molecule has 0 N–H and O–H groups in total. The van der Waals surface area contributed by atoms with Crippen LogP contribution >= 0.6 is 15.9 Å². The van der Waals surface area contributed by atoms with Gasteiger partial charge in [0.25, 0.3) is 0 Å². The van der Waals surface area contributed by atoms with Crippen LogP contribution in [0.1, 0.15) is 6.42 Å². The first-order valence-electron chi connectivity index (χ1n) is 8.08. The van der Waals surface area contributed by atoms with Gasteiger partial charge in [-0.2, -0.15) is 4.31 Å². The maximum atomic E-state index is 12.7. The van der Waals surface area contributed by atoms with E-state index in [0.717, 1.165) is 10.2 Å². The minimum Gasteiger partial charge on any atom is -0.339 e. The fraction of sp³-hybridized carbons (Fsp3) is 0.500. The molecule has 2 heterocycles. The van der Waals surface area contributed by atoms with Gasteiger partial charge in [-0.15, -0.1) is 0 Å². The van der Waals surface area contributed by atoms with E-state index in [2.05, 4.69) is 15.9 Å². The highest BCUT2D eigenvalue weighted by atomic mass is 79.9. The van der Waals surface area contributed by atoms with Crippen molar-refractivity contribution in [1.29, 1.82) is 0 Å². The van der Waals surface area contributed by atoms with Crippen LogP contribution < -0.4 is 4.90 Å². The number of halogens is 1. The Kier molecular flexibility index (Phi) is 5.17. The second kappa shape index (κ2) is 7.05. The van der Waals surface area contributed by atoms with Gasteiger partial charge in [-0.1, -0.05) is 22.0 Å². The van der Waals surface area contributed by atoms with Gasteiger partial charge < -0.3 is 9.80 Å². The van der Waals surface area contributed by atoms with E-state index >= 15 is 0 Å². The van der Waals surface area contributed by atoms with Gasteiger partial charge >= 0.3 is 0 Å². The SMILES string of the molecule is CS(=O)(=O)N1CCN(C(=O)C2CCN(c3cccc(Br)c3)C2=O)CC1. The number of sulfonamides is 1. The molecule has 0 aromatic heterocycles. The first kappa shape index (κ1) is 18.3. The molecule has 136 valence electrons. The molecule has 2 amide bonds. The van der Waals surface area contributed by atoms with Gasteiger partial charge in [0.2, 0.25) is 21.8 Å². The second-order valence-electron chi connectivity index (χ2n) is 6.30.